The summed E-state index contributed by atoms with van der Waals surface area (Å²) in [6, 6.07) is 0. The molecule has 0 spiro atoms. The number of carbonyl (C=O) groups is 4. The highest BCUT2D eigenvalue weighted by Gasteiger charge is 2.30. The van der Waals surface area contributed by atoms with E-state index in [9.17, 15) is 43.2 Å². The van der Waals surface area contributed by atoms with E-state index in [-0.39, 0.29) is 25.7 Å². The van der Waals surface area contributed by atoms with Gasteiger partial charge in [0.25, 0.3) is 0 Å². The van der Waals surface area contributed by atoms with Gasteiger partial charge in [-0.3, -0.25) is 37.3 Å². The van der Waals surface area contributed by atoms with E-state index in [2.05, 4.69) is 55.4 Å². The maximum Gasteiger partial charge on any atom is 0.472 e. The van der Waals surface area contributed by atoms with Gasteiger partial charge in [-0.1, -0.05) is 280 Å². The fourth-order valence-corrected chi connectivity index (χ4v) is 11.7. The minimum atomic E-state index is -4.95. The Morgan fingerprint density at radius 2 is 0.483 bits per heavy atom. The Kier molecular flexibility index (Phi) is 56.6. The maximum absolute atomic E-state index is 13.0. The van der Waals surface area contributed by atoms with Crippen molar-refractivity contribution < 1.29 is 80.2 Å². The van der Waals surface area contributed by atoms with Gasteiger partial charge in [0.1, 0.15) is 19.3 Å². The molecule has 87 heavy (non-hydrogen) atoms. The first-order valence-electron chi connectivity index (χ1n) is 35.2. The number of carbonyl (C=O) groups excluding carboxylic acids is 4. The summed E-state index contributed by atoms with van der Waals surface area (Å²) in [6.07, 6.45) is 39.3. The van der Waals surface area contributed by atoms with E-state index in [4.69, 9.17) is 37.0 Å². The Morgan fingerprint density at radius 1 is 0.287 bits per heavy atom. The SMILES string of the molecule is CC(C)CCCCCCCCCCCCCCCCC(=O)OC[C@H](COP(=O)(O)OCC(O)COP(=O)(O)OC[C@@H](COC(=O)CCCCCCCCCC(C)C)OC(=O)CCCCCCCCC(C)C)OC(=O)CCCCCCCCCCC(C)C. The number of hydrogen-bond acceptors (Lipinski definition) is 15. The molecule has 0 rings (SSSR count). The van der Waals surface area contributed by atoms with Crippen LogP contribution in [-0.2, 0) is 65.4 Å². The molecule has 516 valence electrons. The molecule has 3 unspecified atom stereocenters. The second-order valence-electron chi connectivity index (χ2n) is 26.5. The Balaban J connectivity index is 5.19. The van der Waals surface area contributed by atoms with Gasteiger partial charge in [-0.05, 0) is 49.4 Å². The van der Waals surface area contributed by atoms with Crippen molar-refractivity contribution in [2.45, 2.75) is 350 Å². The molecule has 0 aliphatic heterocycles. The third kappa shape index (κ3) is 62.6. The molecule has 0 aliphatic carbocycles. The first kappa shape index (κ1) is 85.1. The number of aliphatic hydroxyl groups is 1. The average Bonchev–Trinajstić information content (AvgIpc) is 3.64. The van der Waals surface area contributed by atoms with Gasteiger partial charge in [0.05, 0.1) is 26.4 Å². The number of hydrogen-bond donors (Lipinski definition) is 3. The predicted octanol–water partition coefficient (Wildman–Crippen LogP) is 18.9. The zero-order chi connectivity index (χ0) is 64.7. The third-order valence-corrected chi connectivity index (χ3v) is 17.5. The normalized spacial score (nSPS) is 14.3. The molecule has 0 amide bonds. The van der Waals surface area contributed by atoms with Gasteiger partial charge in [-0.2, -0.15) is 0 Å². The van der Waals surface area contributed by atoms with Gasteiger partial charge in [-0.25, -0.2) is 9.13 Å². The summed E-state index contributed by atoms with van der Waals surface area (Å²) in [5.41, 5.74) is 0. The van der Waals surface area contributed by atoms with Crippen LogP contribution in [0.1, 0.15) is 331 Å². The lowest BCUT2D eigenvalue weighted by molar-refractivity contribution is -0.161. The lowest BCUT2D eigenvalue weighted by Crippen LogP contribution is -2.30. The molecular weight excluding hydrogens is 1150 g/mol. The Morgan fingerprint density at radius 3 is 0.713 bits per heavy atom. The molecule has 0 fully saturated rings. The molecule has 0 aromatic rings. The largest absolute Gasteiger partial charge is 0.472 e. The monoisotopic (exact) mass is 1280 g/mol. The smallest absolute Gasteiger partial charge is 0.462 e. The molecule has 0 radical (unpaired) electrons. The Hall–Kier alpha value is -1.94. The fourth-order valence-electron chi connectivity index (χ4n) is 10.1. The topological polar surface area (TPSA) is 237 Å². The molecule has 0 aliphatic rings. The Labute approximate surface area is 530 Å². The number of aliphatic hydroxyl groups excluding tert-OH is 1. The van der Waals surface area contributed by atoms with Crippen molar-refractivity contribution in [3.63, 3.8) is 0 Å². The van der Waals surface area contributed by atoms with Gasteiger partial charge >= 0.3 is 39.5 Å². The van der Waals surface area contributed by atoms with Crippen molar-refractivity contribution in [3.8, 4) is 0 Å². The highest BCUT2D eigenvalue weighted by Crippen LogP contribution is 2.45. The van der Waals surface area contributed by atoms with Crippen molar-refractivity contribution >= 4 is 39.5 Å². The van der Waals surface area contributed by atoms with Crippen LogP contribution < -0.4 is 0 Å². The molecule has 0 heterocycles. The van der Waals surface area contributed by atoms with E-state index in [0.29, 0.717) is 37.5 Å². The number of unbranched alkanes of at least 4 members (excludes halogenated alkanes) is 31. The number of rotatable bonds is 65. The molecule has 5 atom stereocenters. The Bertz CT molecular complexity index is 1730. The van der Waals surface area contributed by atoms with Crippen LogP contribution in [0.2, 0.25) is 0 Å². The summed E-state index contributed by atoms with van der Waals surface area (Å²) in [6.45, 7) is 14.0. The van der Waals surface area contributed by atoms with Gasteiger partial charge in [-0.15, -0.1) is 0 Å². The molecule has 17 nitrogen and oxygen atoms in total. The zero-order valence-electron chi connectivity index (χ0n) is 56.6. The summed E-state index contributed by atoms with van der Waals surface area (Å²) in [7, 11) is -9.89. The molecule has 0 bridgehead atoms. The molecule has 0 saturated carbocycles. The summed E-state index contributed by atoms with van der Waals surface area (Å²) < 4.78 is 68.1. The maximum atomic E-state index is 13.0. The molecule has 0 aromatic carbocycles. The van der Waals surface area contributed by atoms with E-state index >= 15 is 0 Å². The molecule has 3 N–H and O–H groups in total. The zero-order valence-corrected chi connectivity index (χ0v) is 58.4. The third-order valence-electron chi connectivity index (χ3n) is 15.6. The summed E-state index contributed by atoms with van der Waals surface area (Å²) >= 11 is 0. The van der Waals surface area contributed by atoms with Crippen molar-refractivity contribution in [2.24, 2.45) is 23.7 Å². The van der Waals surface area contributed by atoms with Gasteiger partial charge in [0.15, 0.2) is 12.2 Å². The predicted molar refractivity (Wildman–Crippen MR) is 349 cm³/mol. The standard InChI is InChI=1S/C68H132O17P2/c1-58(2)44-36-28-20-15-13-11-9-10-12-14-16-23-32-40-48-65(70)78-54-63(84-67(72)50-42-34-24-18-17-21-29-37-45-59(3)4)56-82-86(74,75)80-52-62(69)53-81-87(76,77)83-57-64(85-68(73)51-43-35-27-26-31-39-47-61(7)8)55-79-66(71)49-41-33-25-19-22-30-38-46-60(5)6/h58-64,69H,9-57H2,1-8H3,(H,74,75)(H,76,77)/t62?,63-,64-/m1/s1. The summed E-state index contributed by atoms with van der Waals surface area (Å²) in [5, 5.41) is 10.6. The van der Waals surface area contributed by atoms with Crippen LogP contribution in [0, 0.1) is 23.7 Å². The van der Waals surface area contributed by atoms with Crippen LogP contribution >= 0.6 is 15.6 Å². The minimum absolute atomic E-state index is 0.101. The number of esters is 4. The van der Waals surface area contributed by atoms with E-state index in [1.54, 1.807) is 0 Å². The van der Waals surface area contributed by atoms with Crippen molar-refractivity contribution in [2.75, 3.05) is 39.6 Å². The van der Waals surface area contributed by atoms with Crippen LogP contribution in [0.4, 0.5) is 0 Å². The second kappa shape index (κ2) is 57.9. The van der Waals surface area contributed by atoms with Crippen LogP contribution in [0.5, 0.6) is 0 Å². The number of phosphoric ester groups is 2. The van der Waals surface area contributed by atoms with Gasteiger partial charge in [0, 0.05) is 25.7 Å². The van der Waals surface area contributed by atoms with Crippen LogP contribution in [0.25, 0.3) is 0 Å². The quantitative estimate of drug-likeness (QED) is 0.0222. The van der Waals surface area contributed by atoms with E-state index in [1.165, 1.54) is 128 Å². The lowest BCUT2D eigenvalue weighted by atomic mass is 10.0. The van der Waals surface area contributed by atoms with Crippen LogP contribution in [0.15, 0.2) is 0 Å². The number of phosphoric acid groups is 2. The summed E-state index contributed by atoms with van der Waals surface area (Å²) in [4.78, 5) is 72.3. The van der Waals surface area contributed by atoms with Gasteiger partial charge < -0.3 is 33.8 Å². The molecule has 0 saturated heterocycles. The van der Waals surface area contributed by atoms with E-state index < -0.39 is 97.5 Å². The second-order valence-corrected chi connectivity index (χ2v) is 29.4. The van der Waals surface area contributed by atoms with Crippen molar-refractivity contribution in [1.29, 1.82) is 0 Å². The van der Waals surface area contributed by atoms with Crippen LogP contribution in [0.3, 0.4) is 0 Å². The van der Waals surface area contributed by atoms with E-state index in [0.717, 1.165) is 108 Å². The number of ether oxygens (including phenoxy) is 4. The summed E-state index contributed by atoms with van der Waals surface area (Å²) in [5.74, 6) is 0.753. The fraction of sp³-hybridized carbons (Fsp3) is 0.941. The molecule has 19 heteroatoms. The van der Waals surface area contributed by atoms with Crippen LogP contribution in [-0.4, -0.2) is 96.7 Å². The highest BCUT2D eigenvalue weighted by molar-refractivity contribution is 7.47. The van der Waals surface area contributed by atoms with Gasteiger partial charge in [0.2, 0.25) is 0 Å². The van der Waals surface area contributed by atoms with Crippen molar-refractivity contribution in [1.82, 2.24) is 0 Å². The first-order valence-corrected chi connectivity index (χ1v) is 38.2. The average molecular weight is 1280 g/mol. The molecular formula is C68H132O17P2. The lowest BCUT2D eigenvalue weighted by Gasteiger charge is -2.21. The minimum Gasteiger partial charge on any atom is -0.462 e. The van der Waals surface area contributed by atoms with Crippen molar-refractivity contribution in [3.05, 3.63) is 0 Å². The highest BCUT2D eigenvalue weighted by atomic mass is 31.2. The first-order chi connectivity index (χ1) is 41.6. The molecule has 0 aromatic heterocycles. The van der Waals surface area contributed by atoms with E-state index in [1.807, 2.05) is 0 Å².